The molecule has 5 heteroatoms. The van der Waals surface area contributed by atoms with Gasteiger partial charge in [0, 0.05) is 38.9 Å². The first-order valence-electron chi connectivity index (χ1n) is 7.01. The number of anilines is 1. The smallest absolute Gasteiger partial charge is 0.210 e. The molecule has 0 saturated carbocycles. The monoisotopic (exact) mass is 260 g/mol. The molecule has 1 atom stereocenters. The molecule has 0 radical (unpaired) electrons. The predicted octanol–water partition coefficient (Wildman–Crippen LogP) is 0.784. The summed E-state index contributed by atoms with van der Waals surface area (Å²) in [4.78, 5) is 19.7. The molecule has 1 unspecified atom stereocenters. The molecule has 0 spiro atoms. The van der Waals surface area contributed by atoms with Gasteiger partial charge in [0.1, 0.15) is 5.82 Å². The second-order valence-corrected chi connectivity index (χ2v) is 5.19. The number of piperazine rings is 1. The summed E-state index contributed by atoms with van der Waals surface area (Å²) in [5.41, 5.74) is 1.16. The zero-order chi connectivity index (χ0) is 13.1. The van der Waals surface area contributed by atoms with Gasteiger partial charge in [-0.1, -0.05) is 6.07 Å². The van der Waals surface area contributed by atoms with Gasteiger partial charge in [-0.2, -0.15) is 0 Å². The van der Waals surface area contributed by atoms with Crippen LogP contribution in [0.2, 0.25) is 0 Å². The maximum absolute atomic E-state index is 11.0. The van der Waals surface area contributed by atoms with Crippen molar-refractivity contribution in [3.63, 3.8) is 0 Å². The third-order valence-electron chi connectivity index (χ3n) is 4.03. The van der Waals surface area contributed by atoms with Gasteiger partial charge < -0.3 is 15.1 Å². The lowest BCUT2D eigenvalue weighted by Gasteiger charge is -2.28. The molecule has 1 aromatic rings. The summed E-state index contributed by atoms with van der Waals surface area (Å²) >= 11 is 0. The van der Waals surface area contributed by atoms with Crippen molar-refractivity contribution in [1.82, 2.24) is 15.2 Å². The topological polar surface area (TPSA) is 48.5 Å². The maximum atomic E-state index is 11.0. The standard InChI is InChI=1S/C14H20N4O/c19-11-18-7-1-2-13(18)12-3-4-14(16-10-12)17-8-5-15-6-9-17/h3-4,10-11,13,15H,1-2,5-9H2. The van der Waals surface area contributed by atoms with Gasteiger partial charge in [-0.15, -0.1) is 0 Å². The van der Waals surface area contributed by atoms with Crippen molar-refractivity contribution >= 4 is 12.2 Å². The van der Waals surface area contributed by atoms with Crippen molar-refractivity contribution in [3.8, 4) is 0 Å². The average molecular weight is 260 g/mol. The molecule has 1 amide bonds. The number of carbonyl (C=O) groups is 1. The number of amides is 1. The van der Waals surface area contributed by atoms with E-state index in [0.29, 0.717) is 0 Å². The van der Waals surface area contributed by atoms with E-state index in [-0.39, 0.29) is 6.04 Å². The van der Waals surface area contributed by atoms with Gasteiger partial charge in [-0.05, 0) is 24.5 Å². The normalized spacial score (nSPS) is 23.7. The van der Waals surface area contributed by atoms with Crippen molar-refractivity contribution in [2.45, 2.75) is 18.9 Å². The molecule has 19 heavy (non-hydrogen) atoms. The van der Waals surface area contributed by atoms with E-state index in [9.17, 15) is 4.79 Å². The first-order chi connectivity index (χ1) is 9.38. The lowest BCUT2D eigenvalue weighted by molar-refractivity contribution is -0.118. The lowest BCUT2D eigenvalue weighted by atomic mass is 10.1. The molecule has 3 heterocycles. The number of hydrogen-bond acceptors (Lipinski definition) is 4. The van der Waals surface area contributed by atoms with Crippen LogP contribution in [0.15, 0.2) is 18.3 Å². The van der Waals surface area contributed by atoms with Crippen LogP contribution in [0.3, 0.4) is 0 Å². The van der Waals surface area contributed by atoms with Crippen LogP contribution in [-0.2, 0) is 4.79 Å². The number of nitrogens with zero attached hydrogens (tertiary/aromatic N) is 3. The number of hydrogen-bond donors (Lipinski definition) is 1. The highest BCUT2D eigenvalue weighted by molar-refractivity contribution is 5.50. The largest absolute Gasteiger partial charge is 0.354 e. The first-order valence-corrected chi connectivity index (χ1v) is 7.01. The van der Waals surface area contributed by atoms with Crippen molar-refractivity contribution in [2.75, 3.05) is 37.6 Å². The van der Waals surface area contributed by atoms with E-state index < -0.39 is 0 Å². The van der Waals surface area contributed by atoms with E-state index in [1.165, 1.54) is 0 Å². The molecule has 102 valence electrons. The van der Waals surface area contributed by atoms with E-state index in [0.717, 1.165) is 63.4 Å². The molecular weight excluding hydrogens is 240 g/mol. The number of nitrogens with one attached hydrogen (secondary N) is 1. The molecule has 0 bridgehead atoms. The van der Waals surface area contributed by atoms with Crippen molar-refractivity contribution in [3.05, 3.63) is 23.9 Å². The Hall–Kier alpha value is -1.62. The number of aromatic nitrogens is 1. The Kier molecular flexibility index (Phi) is 3.64. The molecule has 5 nitrogen and oxygen atoms in total. The van der Waals surface area contributed by atoms with Crippen LogP contribution in [0.4, 0.5) is 5.82 Å². The van der Waals surface area contributed by atoms with Crippen LogP contribution in [0, 0.1) is 0 Å². The zero-order valence-electron chi connectivity index (χ0n) is 11.1. The van der Waals surface area contributed by atoms with Gasteiger partial charge in [-0.25, -0.2) is 4.98 Å². The average Bonchev–Trinajstić information content (AvgIpc) is 2.97. The first kappa shape index (κ1) is 12.4. The van der Waals surface area contributed by atoms with Gasteiger partial charge in [0.25, 0.3) is 0 Å². The summed E-state index contributed by atoms with van der Waals surface area (Å²) in [5, 5.41) is 3.34. The Morgan fingerprint density at radius 1 is 1.26 bits per heavy atom. The van der Waals surface area contributed by atoms with Crippen molar-refractivity contribution in [2.24, 2.45) is 0 Å². The maximum Gasteiger partial charge on any atom is 0.210 e. The zero-order valence-corrected chi connectivity index (χ0v) is 11.1. The Bertz CT molecular complexity index is 428. The van der Waals surface area contributed by atoms with Crippen LogP contribution < -0.4 is 10.2 Å². The fourth-order valence-corrected chi connectivity index (χ4v) is 2.95. The van der Waals surface area contributed by atoms with E-state index >= 15 is 0 Å². The van der Waals surface area contributed by atoms with E-state index in [1.54, 1.807) is 0 Å². The summed E-state index contributed by atoms with van der Waals surface area (Å²) in [5.74, 6) is 1.04. The second kappa shape index (κ2) is 5.57. The summed E-state index contributed by atoms with van der Waals surface area (Å²) in [6, 6.07) is 4.43. The SMILES string of the molecule is O=CN1CCCC1c1ccc(N2CCNCC2)nc1. The minimum atomic E-state index is 0.224. The predicted molar refractivity (Wildman–Crippen MR) is 74.1 cm³/mol. The van der Waals surface area contributed by atoms with E-state index in [2.05, 4.69) is 27.3 Å². The van der Waals surface area contributed by atoms with E-state index in [1.807, 2.05) is 11.1 Å². The van der Waals surface area contributed by atoms with Gasteiger partial charge in [-0.3, -0.25) is 4.79 Å². The molecule has 0 aromatic carbocycles. The minimum absolute atomic E-state index is 0.224. The molecule has 2 fully saturated rings. The summed E-state index contributed by atoms with van der Waals surface area (Å²) < 4.78 is 0. The molecule has 2 aliphatic rings. The number of carbonyl (C=O) groups excluding carboxylic acids is 1. The third-order valence-corrected chi connectivity index (χ3v) is 4.03. The second-order valence-electron chi connectivity index (χ2n) is 5.19. The van der Waals surface area contributed by atoms with Crippen LogP contribution in [0.5, 0.6) is 0 Å². The van der Waals surface area contributed by atoms with Gasteiger partial charge in [0.15, 0.2) is 0 Å². The van der Waals surface area contributed by atoms with Crippen LogP contribution in [-0.4, -0.2) is 49.0 Å². The van der Waals surface area contributed by atoms with Crippen molar-refractivity contribution in [1.29, 1.82) is 0 Å². The van der Waals surface area contributed by atoms with Crippen LogP contribution >= 0.6 is 0 Å². The highest BCUT2D eigenvalue weighted by Crippen LogP contribution is 2.30. The molecule has 1 aromatic heterocycles. The fourth-order valence-electron chi connectivity index (χ4n) is 2.95. The van der Waals surface area contributed by atoms with Gasteiger partial charge >= 0.3 is 0 Å². The Morgan fingerprint density at radius 2 is 2.11 bits per heavy atom. The summed E-state index contributed by atoms with van der Waals surface area (Å²) in [6.07, 6.45) is 5.03. The molecular formula is C14H20N4O. The number of rotatable bonds is 3. The number of pyridine rings is 1. The van der Waals surface area contributed by atoms with E-state index in [4.69, 9.17) is 0 Å². The Labute approximate surface area is 113 Å². The molecule has 2 saturated heterocycles. The van der Waals surface area contributed by atoms with Crippen LogP contribution in [0.25, 0.3) is 0 Å². The summed E-state index contributed by atoms with van der Waals surface area (Å²) in [7, 11) is 0. The van der Waals surface area contributed by atoms with Gasteiger partial charge in [0.05, 0.1) is 6.04 Å². The Morgan fingerprint density at radius 3 is 2.79 bits per heavy atom. The molecule has 1 N–H and O–H groups in total. The lowest BCUT2D eigenvalue weighted by Crippen LogP contribution is -2.43. The highest BCUT2D eigenvalue weighted by Gasteiger charge is 2.25. The quantitative estimate of drug-likeness (QED) is 0.816. The third kappa shape index (κ3) is 2.56. The Balaban J connectivity index is 1.73. The molecule has 0 aliphatic carbocycles. The molecule has 2 aliphatic heterocycles. The summed E-state index contributed by atoms with van der Waals surface area (Å²) in [6.45, 7) is 4.93. The molecule has 3 rings (SSSR count). The number of likely N-dealkylation sites (tertiary alicyclic amines) is 1. The fraction of sp³-hybridized carbons (Fsp3) is 0.571. The van der Waals surface area contributed by atoms with Crippen molar-refractivity contribution < 1.29 is 4.79 Å². The minimum Gasteiger partial charge on any atom is -0.354 e. The highest BCUT2D eigenvalue weighted by atomic mass is 16.1. The van der Waals surface area contributed by atoms with Gasteiger partial charge in [0.2, 0.25) is 6.41 Å². The van der Waals surface area contributed by atoms with Crippen LogP contribution in [0.1, 0.15) is 24.4 Å².